The van der Waals surface area contributed by atoms with Crippen LogP contribution in [0.1, 0.15) is 15.9 Å². The third-order valence-corrected chi connectivity index (χ3v) is 1.92. The van der Waals surface area contributed by atoms with Crippen molar-refractivity contribution in [1.82, 2.24) is 0 Å². The summed E-state index contributed by atoms with van der Waals surface area (Å²) in [5, 5.41) is 9.08. The lowest BCUT2D eigenvalue weighted by atomic mass is 10.1. The van der Waals surface area contributed by atoms with E-state index in [0.29, 0.717) is 28.9 Å². The van der Waals surface area contributed by atoms with E-state index in [2.05, 4.69) is 0 Å². The molecule has 0 unspecified atom stereocenters. The standard InChI is InChI=1S/C10H12O4/c1-13-9-3-7(5-11)4-10(14-2)8(9)6-12/h3-5,12H,6H2,1-2H3. The molecule has 0 aliphatic heterocycles. The monoisotopic (exact) mass is 196 g/mol. The van der Waals surface area contributed by atoms with Crippen molar-refractivity contribution in [2.24, 2.45) is 0 Å². The Morgan fingerprint density at radius 3 is 2.07 bits per heavy atom. The van der Waals surface area contributed by atoms with Crippen molar-refractivity contribution in [2.75, 3.05) is 14.2 Å². The molecule has 0 spiro atoms. The molecule has 4 heteroatoms. The predicted octanol–water partition coefficient (Wildman–Crippen LogP) is 1.01. The summed E-state index contributed by atoms with van der Waals surface area (Å²) in [6.45, 7) is -0.189. The number of aldehydes is 1. The molecule has 0 amide bonds. The van der Waals surface area contributed by atoms with Crippen molar-refractivity contribution in [3.8, 4) is 11.5 Å². The molecule has 0 atom stereocenters. The van der Waals surface area contributed by atoms with E-state index in [4.69, 9.17) is 14.6 Å². The van der Waals surface area contributed by atoms with Crippen molar-refractivity contribution in [3.63, 3.8) is 0 Å². The summed E-state index contributed by atoms with van der Waals surface area (Å²) in [4.78, 5) is 10.6. The van der Waals surface area contributed by atoms with Gasteiger partial charge in [0.1, 0.15) is 17.8 Å². The van der Waals surface area contributed by atoms with Gasteiger partial charge in [0.25, 0.3) is 0 Å². The van der Waals surface area contributed by atoms with E-state index >= 15 is 0 Å². The van der Waals surface area contributed by atoms with Gasteiger partial charge in [-0.1, -0.05) is 0 Å². The molecule has 1 aromatic carbocycles. The molecule has 0 saturated heterocycles. The van der Waals surface area contributed by atoms with Crippen LogP contribution in [0.2, 0.25) is 0 Å². The number of carbonyl (C=O) groups excluding carboxylic acids is 1. The smallest absolute Gasteiger partial charge is 0.150 e. The van der Waals surface area contributed by atoms with Crippen LogP contribution in [0.3, 0.4) is 0 Å². The number of hydrogen-bond acceptors (Lipinski definition) is 4. The van der Waals surface area contributed by atoms with E-state index in [-0.39, 0.29) is 6.61 Å². The summed E-state index contributed by atoms with van der Waals surface area (Å²) in [5.41, 5.74) is 0.997. The summed E-state index contributed by atoms with van der Waals surface area (Å²) in [6.07, 6.45) is 0.701. The largest absolute Gasteiger partial charge is 0.496 e. The van der Waals surface area contributed by atoms with Gasteiger partial charge in [0.05, 0.1) is 26.4 Å². The Labute approximate surface area is 82.1 Å². The van der Waals surface area contributed by atoms with Gasteiger partial charge in [-0.15, -0.1) is 0 Å². The number of methoxy groups -OCH3 is 2. The number of aliphatic hydroxyl groups is 1. The highest BCUT2D eigenvalue weighted by Crippen LogP contribution is 2.29. The lowest BCUT2D eigenvalue weighted by Crippen LogP contribution is -1.98. The zero-order valence-corrected chi connectivity index (χ0v) is 8.11. The van der Waals surface area contributed by atoms with Crippen molar-refractivity contribution in [3.05, 3.63) is 23.3 Å². The molecule has 0 aliphatic carbocycles. The van der Waals surface area contributed by atoms with Crippen LogP contribution >= 0.6 is 0 Å². The molecule has 76 valence electrons. The Morgan fingerprint density at radius 2 is 1.79 bits per heavy atom. The molecule has 0 aromatic heterocycles. The van der Waals surface area contributed by atoms with Crippen molar-refractivity contribution >= 4 is 6.29 Å². The lowest BCUT2D eigenvalue weighted by Gasteiger charge is -2.11. The van der Waals surface area contributed by atoms with Gasteiger partial charge in [-0.25, -0.2) is 0 Å². The Hall–Kier alpha value is -1.55. The Balaban J connectivity index is 3.31. The first-order chi connectivity index (χ1) is 6.76. The average molecular weight is 196 g/mol. The topological polar surface area (TPSA) is 55.8 Å². The molecule has 0 radical (unpaired) electrons. The summed E-state index contributed by atoms with van der Waals surface area (Å²) in [5.74, 6) is 0.905. The van der Waals surface area contributed by atoms with E-state index < -0.39 is 0 Å². The van der Waals surface area contributed by atoms with Crippen LogP contribution in [-0.2, 0) is 6.61 Å². The van der Waals surface area contributed by atoms with E-state index in [1.54, 1.807) is 12.1 Å². The first-order valence-electron chi connectivity index (χ1n) is 4.07. The Kier molecular flexibility index (Phi) is 3.48. The minimum Gasteiger partial charge on any atom is -0.496 e. The summed E-state index contributed by atoms with van der Waals surface area (Å²) >= 11 is 0. The van der Waals surface area contributed by atoms with Gasteiger partial charge in [0.2, 0.25) is 0 Å². The summed E-state index contributed by atoms with van der Waals surface area (Å²) < 4.78 is 10.0. The van der Waals surface area contributed by atoms with Gasteiger partial charge in [-0.05, 0) is 12.1 Å². The molecule has 4 nitrogen and oxygen atoms in total. The Morgan fingerprint density at radius 1 is 1.29 bits per heavy atom. The normalized spacial score (nSPS) is 9.64. The molecule has 1 rings (SSSR count). The molecule has 0 heterocycles. The molecular formula is C10H12O4. The van der Waals surface area contributed by atoms with Crippen LogP contribution in [0, 0.1) is 0 Å². The maximum absolute atomic E-state index is 10.6. The fourth-order valence-corrected chi connectivity index (χ4v) is 1.23. The van der Waals surface area contributed by atoms with E-state index in [1.165, 1.54) is 14.2 Å². The minimum absolute atomic E-state index is 0.189. The second kappa shape index (κ2) is 4.62. The van der Waals surface area contributed by atoms with Crippen LogP contribution in [0.4, 0.5) is 0 Å². The minimum atomic E-state index is -0.189. The number of benzene rings is 1. The number of ether oxygens (including phenoxy) is 2. The van der Waals surface area contributed by atoms with Gasteiger partial charge in [-0.3, -0.25) is 4.79 Å². The fourth-order valence-electron chi connectivity index (χ4n) is 1.23. The summed E-state index contributed by atoms with van der Waals surface area (Å²) in [6, 6.07) is 3.11. The molecular weight excluding hydrogens is 184 g/mol. The molecule has 0 fully saturated rings. The van der Waals surface area contributed by atoms with E-state index in [1.807, 2.05) is 0 Å². The molecule has 0 bridgehead atoms. The van der Waals surface area contributed by atoms with Gasteiger partial charge >= 0.3 is 0 Å². The number of hydrogen-bond donors (Lipinski definition) is 1. The molecule has 0 saturated carbocycles. The van der Waals surface area contributed by atoms with Crippen LogP contribution < -0.4 is 9.47 Å². The predicted molar refractivity (Wildman–Crippen MR) is 50.9 cm³/mol. The molecule has 1 aromatic rings. The highest BCUT2D eigenvalue weighted by Gasteiger charge is 2.10. The van der Waals surface area contributed by atoms with Crippen molar-refractivity contribution in [2.45, 2.75) is 6.61 Å². The Bertz CT molecular complexity index is 308. The molecule has 14 heavy (non-hydrogen) atoms. The zero-order valence-electron chi connectivity index (χ0n) is 8.11. The first kappa shape index (κ1) is 10.5. The van der Waals surface area contributed by atoms with E-state index in [9.17, 15) is 4.79 Å². The highest BCUT2D eigenvalue weighted by atomic mass is 16.5. The third-order valence-electron chi connectivity index (χ3n) is 1.92. The third kappa shape index (κ3) is 1.85. The van der Waals surface area contributed by atoms with Crippen LogP contribution in [0.25, 0.3) is 0 Å². The van der Waals surface area contributed by atoms with Crippen molar-refractivity contribution in [1.29, 1.82) is 0 Å². The number of carbonyl (C=O) groups is 1. The first-order valence-corrected chi connectivity index (χ1v) is 4.07. The SMILES string of the molecule is COc1cc(C=O)cc(OC)c1CO. The van der Waals surface area contributed by atoms with Crippen LogP contribution in [-0.4, -0.2) is 25.6 Å². The number of aliphatic hydroxyl groups excluding tert-OH is 1. The fraction of sp³-hybridized carbons (Fsp3) is 0.300. The van der Waals surface area contributed by atoms with Crippen LogP contribution in [0.15, 0.2) is 12.1 Å². The summed E-state index contributed by atoms with van der Waals surface area (Å²) in [7, 11) is 2.95. The average Bonchev–Trinajstić information content (AvgIpc) is 2.26. The second-order valence-electron chi connectivity index (χ2n) is 2.68. The second-order valence-corrected chi connectivity index (χ2v) is 2.68. The quantitative estimate of drug-likeness (QED) is 0.730. The van der Waals surface area contributed by atoms with Gasteiger partial charge < -0.3 is 14.6 Å². The van der Waals surface area contributed by atoms with Crippen LogP contribution in [0.5, 0.6) is 11.5 Å². The number of rotatable bonds is 4. The van der Waals surface area contributed by atoms with E-state index in [0.717, 1.165) is 0 Å². The molecule has 0 aliphatic rings. The van der Waals surface area contributed by atoms with Gasteiger partial charge in [-0.2, -0.15) is 0 Å². The zero-order chi connectivity index (χ0) is 10.6. The maximum atomic E-state index is 10.6. The van der Waals surface area contributed by atoms with Gasteiger partial charge in [0, 0.05) is 5.56 Å². The molecule has 1 N–H and O–H groups in total. The maximum Gasteiger partial charge on any atom is 0.150 e. The van der Waals surface area contributed by atoms with Crippen molar-refractivity contribution < 1.29 is 19.4 Å². The highest BCUT2D eigenvalue weighted by molar-refractivity contribution is 5.77. The lowest BCUT2D eigenvalue weighted by molar-refractivity contribution is 0.112. The van der Waals surface area contributed by atoms with Gasteiger partial charge in [0.15, 0.2) is 0 Å².